The van der Waals surface area contributed by atoms with Crippen molar-refractivity contribution in [3.63, 3.8) is 0 Å². The highest BCUT2D eigenvalue weighted by Gasteiger charge is 2.29. The van der Waals surface area contributed by atoms with E-state index in [0.717, 1.165) is 5.56 Å². The van der Waals surface area contributed by atoms with E-state index in [1.54, 1.807) is 50.0 Å². The van der Waals surface area contributed by atoms with E-state index in [-0.39, 0.29) is 17.7 Å². The average Bonchev–Trinajstić information content (AvgIpc) is 3.03. The van der Waals surface area contributed by atoms with Crippen molar-refractivity contribution in [2.75, 3.05) is 11.9 Å². The predicted octanol–water partition coefficient (Wildman–Crippen LogP) is 3.72. The summed E-state index contributed by atoms with van der Waals surface area (Å²) in [5.41, 5.74) is 1.90. The van der Waals surface area contributed by atoms with Crippen LogP contribution in [-0.2, 0) is 11.3 Å². The number of halogens is 3. The third kappa shape index (κ3) is 5.21. The highest BCUT2D eigenvalue weighted by Crippen LogP contribution is 2.23. The predicted molar refractivity (Wildman–Crippen MR) is 101 cm³/mol. The fraction of sp³-hybridized carbons (Fsp3) is 0.368. The lowest BCUT2D eigenvalue weighted by molar-refractivity contribution is -0.154. The average molecular weight is 407 g/mol. The molecule has 0 aliphatic heterocycles. The molecule has 0 aliphatic rings. The van der Waals surface area contributed by atoms with Gasteiger partial charge in [-0.3, -0.25) is 9.48 Å². The van der Waals surface area contributed by atoms with Crippen LogP contribution in [0, 0.1) is 12.8 Å². The van der Waals surface area contributed by atoms with Crippen LogP contribution < -0.4 is 10.1 Å². The third-order valence-corrected chi connectivity index (χ3v) is 4.05. The molecule has 0 radical (unpaired) electrons. The summed E-state index contributed by atoms with van der Waals surface area (Å²) in [5, 5.41) is 7.93. The monoisotopic (exact) mass is 407 g/mol. The van der Waals surface area contributed by atoms with Gasteiger partial charge in [-0.2, -0.15) is 18.3 Å². The second-order valence-electron chi connectivity index (χ2n) is 6.93. The van der Waals surface area contributed by atoms with Crippen LogP contribution in [0.2, 0.25) is 0 Å². The van der Waals surface area contributed by atoms with Crippen LogP contribution in [-0.4, -0.2) is 38.4 Å². The van der Waals surface area contributed by atoms with Gasteiger partial charge in [0.2, 0.25) is 11.8 Å². The standard InChI is InChI=1S/C19H20F3N5O2/c1-11(2)17(28)25-16-14-9-27(26-15(14)4-5-23-16)8-13-6-12(3)18(24-7-13)29-10-19(20,21)22/h4-7,9,11H,8,10H2,1-3H3,(H,23,25,28). The molecule has 154 valence electrons. The van der Waals surface area contributed by atoms with Crippen LogP contribution in [0.25, 0.3) is 10.9 Å². The Morgan fingerprint density at radius 2 is 2.07 bits per heavy atom. The second-order valence-corrected chi connectivity index (χ2v) is 6.93. The summed E-state index contributed by atoms with van der Waals surface area (Å²) in [6.45, 7) is 4.17. The molecule has 0 saturated heterocycles. The number of aryl methyl sites for hydroxylation is 1. The van der Waals surface area contributed by atoms with E-state index < -0.39 is 12.8 Å². The lowest BCUT2D eigenvalue weighted by atomic mass is 10.2. The first-order valence-corrected chi connectivity index (χ1v) is 8.90. The van der Waals surface area contributed by atoms with Crippen molar-refractivity contribution in [2.24, 2.45) is 5.92 Å². The molecule has 0 saturated carbocycles. The Morgan fingerprint density at radius 1 is 1.31 bits per heavy atom. The number of hydrogen-bond acceptors (Lipinski definition) is 5. The Labute approximate surface area is 164 Å². The summed E-state index contributed by atoms with van der Waals surface area (Å²) >= 11 is 0. The smallest absolute Gasteiger partial charge is 0.422 e. The van der Waals surface area contributed by atoms with Crippen molar-refractivity contribution >= 4 is 22.6 Å². The van der Waals surface area contributed by atoms with Gasteiger partial charge >= 0.3 is 6.18 Å². The lowest BCUT2D eigenvalue weighted by Gasteiger charge is -2.11. The van der Waals surface area contributed by atoms with E-state index in [0.29, 0.717) is 28.8 Å². The fourth-order valence-corrected chi connectivity index (χ4v) is 2.63. The van der Waals surface area contributed by atoms with Crippen molar-refractivity contribution in [1.82, 2.24) is 19.7 Å². The zero-order chi connectivity index (χ0) is 21.2. The molecule has 3 heterocycles. The number of nitrogens with zero attached hydrogens (tertiary/aromatic N) is 4. The fourth-order valence-electron chi connectivity index (χ4n) is 2.63. The normalized spacial score (nSPS) is 11.8. The minimum Gasteiger partial charge on any atom is -0.468 e. The van der Waals surface area contributed by atoms with Crippen molar-refractivity contribution in [3.05, 3.63) is 41.9 Å². The van der Waals surface area contributed by atoms with Gasteiger partial charge in [-0.1, -0.05) is 13.8 Å². The summed E-state index contributed by atoms with van der Waals surface area (Å²) in [6, 6.07) is 3.43. The van der Waals surface area contributed by atoms with Crippen LogP contribution in [0.4, 0.5) is 19.0 Å². The number of fused-ring (bicyclic) bond motifs is 1. The first-order chi connectivity index (χ1) is 13.6. The number of pyridine rings is 2. The number of carbonyl (C=O) groups is 1. The van der Waals surface area contributed by atoms with Gasteiger partial charge < -0.3 is 10.1 Å². The molecule has 1 N–H and O–H groups in total. The number of alkyl halides is 3. The highest BCUT2D eigenvalue weighted by atomic mass is 19.4. The molecule has 3 rings (SSSR count). The second kappa shape index (κ2) is 8.06. The van der Waals surface area contributed by atoms with Crippen LogP contribution in [0.3, 0.4) is 0 Å². The van der Waals surface area contributed by atoms with Crippen molar-refractivity contribution in [2.45, 2.75) is 33.5 Å². The molecule has 1 amide bonds. The largest absolute Gasteiger partial charge is 0.468 e. The quantitative estimate of drug-likeness (QED) is 0.674. The Hall–Kier alpha value is -3.17. The van der Waals surface area contributed by atoms with Gasteiger partial charge in [0.25, 0.3) is 0 Å². The maximum atomic E-state index is 12.3. The number of nitrogens with one attached hydrogen (secondary N) is 1. The minimum absolute atomic E-state index is 0.0559. The van der Waals surface area contributed by atoms with Crippen LogP contribution >= 0.6 is 0 Å². The first kappa shape index (κ1) is 20.6. The van der Waals surface area contributed by atoms with Crippen LogP contribution in [0.5, 0.6) is 5.88 Å². The van der Waals surface area contributed by atoms with Gasteiger partial charge in [0, 0.05) is 30.1 Å². The van der Waals surface area contributed by atoms with E-state index in [9.17, 15) is 18.0 Å². The van der Waals surface area contributed by atoms with Crippen LogP contribution in [0.15, 0.2) is 30.7 Å². The lowest BCUT2D eigenvalue weighted by Crippen LogP contribution is -2.20. The maximum Gasteiger partial charge on any atom is 0.422 e. The van der Waals surface area contributed by atoms with E-state index >= 15 is 0 Å². The van der Waals surface area contributed by atoms with Gasteiger partial charge in [-0.05, 0) is 24.6 Å². The molecule has 7 nitrogen and oxygen atoms in total. The summed E-state index contributed by atoms with van der Waals surface area (Å²) in [5.74, 6) is 0.0403. The first-order valence-electron chi connectivity index (χ1n) is 8.90. The molecule has 3 aromatic heterocycles. The molecule has 29 heavy (non-hydrogen) atoms. The number of anilines is 1. The van der Waals surface area contributed by atoms with Crippen molar-refractivity contribution in [1.29, 1.82) is 0 Å². The van der Waals surface area contributed by atoms with Gasteiger partial charge in [0.05, 0.1) is 17.4 Å². The van der Waals surface area contributed by atoms with E-state index in [1.807, 2.05) is 0 Å². The van der Waals surface area contributed by atoms with Gasteiger partial charge in [-0.25, -0.2) is 9.97 Å². The number of amides is 1. The number of hydrogen-bond donors (Lipinski definition) is 1. The van der Waals surface area contributed by atoms with E-state index in [2.05, 4.69) is 20.4 Å². The zero-order valence-electron chi connectivity index (χ0n) is 16.1. The number of ether oxygens (including phenoxy) is 1. The molecule has 0 aliphatic carbocycles. The topological polar surface area (TPSA) is 81.9 Å². The molecule has 0 fully saturated rings. The summed E-state index contributed by atoms with van der Waals surface area (Å²) < 4.78 is 43.3. The van der Waals surface area contributed by atoms with E-state index in [1.165, 1.54) is 6.20 Å². The Balaban J connectivity index is 1.78. The summed E-state index contributed by atoms with van der Waals surface area (Å²) in [4.78, 5) is 20.2. The molecule has 0 atom stereocenters. The van der Waals surface area contributed by atoms with Gasteiger partial charge in [0.15, 0.2) is 6.61 Å². The Bertz CT molecular complexity index is 1030. The third-order valence-electron chi connectivity index (χ3n) is 4.05. The molecule has 10 heteroatoms. The number of carbonyl (C=O) groups excluding carboxylic acids is 1. The number of rotatable bonds is 6. The Morgan fingerprint density at radius 3 is 2.72 bits per heavy atom. The van der Waals surface area contributed by atoms with Gasteiger partial charge in [-0.15, -0.1) is 0 Å². The SMILES string of the molecule is Cc1cc(Cn2cc3c(NC(=O)C(C)C)nccc3n2)cnc1OCC(F)(F)F. The molecule has 0 bridgehead atoms. The number of aromatic nitrogens is 4. The molecular weight excluding hydrogens is 387 g/mol. The summed E-state index contributed by atoms with van der Waals surface area (Å²) in [6.07, 6.45) is 0.346. The molecule has 0 aromatic carbocycles. The van der Waals surface area contributed by atoms with Gasteiger partial charge in [0.1, 0.15) is 5.82 Å². The highest BCUT2D eigenvalue weighted by molar-refractivity contribution is 5.99. The minimum atomic E-state index is -4.42. The molecule has 0 unspecified atom stereocenters. The van der Waals surface area contributed by atoms with Crippen LogP contribution in [0.1, 0.15) is 25.0 Å². The molecular formula is C19H20F3N5O2. The van der Waals surface area contributed by atoms with E-state index in [4.69, 9.17) is 4.74 Å². The van der Waals surface area contributed by atoms with Crippen molar-refractivity contribution in [3.8, 4) is 5.88 Å². The summed E-state index contributed by atoms with van der Waals surface area (Å²) in [7, 11) is 0. The Kier molecular flexibility index (Phi) is 5.71. The maximum absolute atomic E-state index is 12.3. The molecule has 3 aromatic rings. The zero-order valence-corrected chi connectivity index (χ0v) is 16.1. The molecule has 0 spiro atoms. The van der Waals surface area contributed by atoms with Crippen molar-refractivity contribution < 1.29 is 22.7 Å².